The predicted molar refractivity (Wildman–Crippen MR) is 78.6 cm³/mol. The van der Waals surface area contributed by atoms with Crippen LogP contribution in [0.3, 0.4) is 0 Å². The van der Waals surface area contributed by atoms with Crippen molar-refractivity contribution in [3.63, 3.8) is 0 Å². The lowest BCUT2D eigenvalue weighted by Crippen LogP contribution is -2.13. The minimum absolute atomic E-state index is 0.222. The van der Waals surface area contributed by atoms with Gasteiger partial charge in [-0.25, -0.2) is 0 Å². The van der Waals surface area contributed by atoms with Crippen molar-refractivity contribution in [2.24, 2.45) is 0 Å². The SMILES string of the molecule is O=C(Cc1cccs1)OCCOc1cccc(Br)c1. The summed E-state index contributed by atoms with van der Waals surface area (Å²) in [5.41, 5.74) is 0. The molecule has 0 aliphatic carbocycles. The van der Waals surface area contributed by atoms with E-state index in [1.165, 1.54) is 0 Å². The molecule has 2 rings (SSSR count). The van der Waals surface area contributed by atoms with Gasteiger partial charge in [0.05, 0.1) is 6.42 Å². The first-order chi connectivity index (χ1) is 9.24. The number of hydrogen-bond acceptors (Lipinski definition) is 4. The molecule has 0 atom stereocenters. The zero-order valence-electron chi connectivity index (χ0n) is 10.2. The van der Waals surface area contributed by atoms with Gasteiger partial charge in [0.15, 0.2) is 0 Å². The number of benzene rings is 1. The van der Waals surface area contributed by atoms with E-state index in [0.717, 1.165) is 15.1 Å². The Balaban J connectivity index is 1.65. The van der Waals surface area contributed by atoms with E-state index in [-0.39, 0.29) is 12.6 Å². The average Bonchev–Trinajstić information content (AvgIpc) is 2.87. The summed E-state index contributed by atoms with van der Waals surface area (Å²) in [6.07, 6.45) is 0.328. The molecular weight excluding hydrogens is 328 g/mol. The van der Waals surface area contributed by atoms with E-state index >= 15 is 0 Å². The number of hydrogen-bond donors (Lipinski definition) is 0. The van der Waals surface area contributed by atoms with Crippen molar-refractivity contribution in [3.8, 4) is 5.75 Å². The van der Waals surface area contributed by atoms with Crippen LogP contribution in [0.15, 0.2) is 46.3 Å². The summed E-state index contributed by atoms with van der Waals surface area (Å²) in [5.74, 6) is 0.531. The van der Waals surface area contributed by atoms with Gasteiger partial charge >= 0.3 is 5.97 Å². The zero-order valence-corrected chi connectivity index (χ0v) is 12.6. The number of esters is 1. The highest BCUT2D eigenvalue weighted by atomic mass is 79.9. The van der Waals surface area contributed by atoms with Gasteiger partial charge in [-0.05, 0) is 29.6 Å². The van der Waals surface area contributed by atoms with Crippen molar-refractivity contribution >= 4 is 33.2 Å². The van der Waals surface area contributed by atoms with Crippen LogP contribution < -0.4 is 4.74 Å². The summed E-state index contributed by atoms with van der Waals surface area (Å²) < 4.78 is 11.5. The fourth-order valence-electron chi connectivity index (χ4n) is 1.48. The van der Waals surface area contributed by atoms with Gasteiger partial charge in [-0.3, -0.25) is 4.79 Å². The van der Waals surface area contributed by atoms with Crippen LogP contribution in [0.25, 0.3) is 0 Å². The molecule has 1 aromatic heterocycles. The lowest BCUT2D eigenvalue weighted by molar-refractivity contribution is -0.143. The lowest BCUT2D eigenvalue weighted by Gasteiger charge is -2.07. The first-order valence-electron chi connectivity index (χ1n) is 5.80. The molecule has 1 aromatic carbocycles. The van der Waals surface area contributed by atoms with Crippen molar-refractivity contribution in [2.75, 3.05) is 13.2 Å². The van der Waals surface area contributed by atoms with E-state index in [1.807, 2.05) is 41.8 Å². The maximum Gasteiger partial charge on any atom is 0.311 e. The average molecular weight is 341 g/mol. The van der Waals surface area contributed by atoms with Crippen LogP contribution >= 0.6 is 27.3 Å². The van der Waals surface area contributed by atoms with Crippen molar-refractivity contribution in [1.29, 1.82) is 0 Å². The third-order valence-corrected chi connectivity index (χ3v) is 3.68. The van der Waals surface area contributed by atoms with E-state index in [4.69, 9.17) is 9.47 Å². The number of carbonyl (C=O) groups excluding carboxylic acids is 1. The normalized spacial score (nSPS) is 10.2. The summed E-state index contributed by atoms with van der Waals surface area (Å²) >= 11 is 4.92. The summed E-state index contributed by atoms with van der Waals surface area (Å²) in [6, 6.07) is 11.4. The fourth-order valence-corrected chi connectivity index (χ4v) is 2.55. The Hall–Kier alpha value is -1.33. The van der Waals surface area contributed by atoms with E-state index in [0.29, 0.717) is 13.0 Å². The molecule has 0 saturated carbocycles. The Morgan fingerprint density at radius 1 is 1.21 bits per heavy atom. The molecule has 0 fully saturated rings. The van der Waals surface area contributed by atoms with E-state index in [1.54, 1.807) is 11.3 Å². The highest BCUT2D eigenvalue weighted by Gasteiger charge is 2.05. The van der Waals surface area contributed by atoms with Crippen molar-refractivity contribution in [1.82, 2.24) is 0 Å². The van der Waals surface area contributed by atoms with Gasteiger partial charge in [-0.15, -0.1) is 11.3 Å². The highest BCUT2D eigenvalue weighted by Crippen LogP contribution is 2.17. The van der Waals surface area contributed by atoms with Crippen LogP contribution in [-0.2, 0) is 16.0 Å². The molecule has 0 radical (unpaired) electrons. The molecule has 0 unspecified atom stereocenters. The second-order valence-electron chi connectivity index (χ2n) is 3.78. The van der Waals surface area contributed by atoms with Gasteiger partial charge in [-0.2, -0.15) is 0 Å². The summed E-state index contributed by atoms with van der Waals surface area (Å²) in [5, 5.41) is 1.94. The maximum absolute atomic E-state index is 11.5. The molecule has 0 saturated heterocycles. The Morgan fingerprint density at radius 2 is 2.11 bits per heavy atom. The quantitative estimate of drug-likeness (QED) is 0.594. The molecule has 3 nitrogen and oxygen atoms in total. The van der Waals surface area contributed by atoms with Crippen LogP contribution in [0.5, 0.6) is 5.75 Å². The molecule has 100 valence electrons. The molecule has 2 aromatic rings. The topological polar surface area (TPSA) is 35.5 Å². The van der Waals surface area contributed by atoms with Gasteiger partial charge in [0.25, 0.3) is 0 Å². The summed E-state index contributed by atoms with van der Waals surface area (Å²) in [7, 11) is 0. The molecule has 5 heteroatoms. The van der Waals surface area contributed by atoms with Crippen LogP contribution in [0.4, 0.5) is 0 Å². The molecule has 0 aliphatic rings. The molecule has 0 bridgehead atoms. The monoisotopic (exact) mass is 340 g/mol. The Labute approximate surface area is 124 Å². The third kappa shape index (κ3) is 5.04. The molecule has 19 heavy (non-hydrogen) atoms. The van der Waals surface area contributed by atoms with Crippen LogP contribution in [0.1, 0.15) is 4.88 Å². The number of halogens is 1. The van der Waals surface area contributed by atoms with Crippen molar-refractivity contribution < 1.29 is 14.3 Å². The number of carbonyl (C=O) groups is 1. The van der Waals surface area contributed by atoms with Crippen molar-refractivity contribution in [2.45, 2.75) is 6.42 Å². The second-order valence-corrected chi connectivity index (χ2v) is 5.73. The van der Waals surface area contributed by atoms with E-state index in [9.17, 15) is 4.79 Å². The molecule has 0 amide bonds. The summed E-state index contributed by atoms with van der Waals surface area (Å²) in [6.45, 7) is 0.614. The lowest BCUT2D eigenvalue weighted by atomic mass is 10.3. The second kappa shape index (κ2) is 7.31. The van der Waals surface area contributed by atoms with Gasteiger partial charge in [-0.1, -0.05) is 28.1 Å². The predicted octanol–water partition coefficient (Wildman–Crippen LogP) is 3.68. The highest BCUT2D eigenvalue weighted by molar-refractivity contribution is 9.10. The zero-order chi connectivity index (χ0) is 13.5. The standard InChI is InChI=1S/C14H13BrO3S/c15-11-3-1-4-12(9-11)17-6-7-18-14(16)10-13-5-2-8-19-13/h1-5,8-9H,6-7,10H2. The first kappa shape index (κ1) is 14.1. The van der Waals surface area contributed by atoms with Crippen molar-refractivity contribution in [3.05, 3.63) is 51.1 Å². The van der Waals surface area contributed by atoms with E-state index in [2.05, 4.69) is 15.9 Å². The number of thiophene rings is 1. The smallest absolute Gasteiger partial charge is 0.311 e. The van der Waals surface area contributed by atoms with Crippen LogP contribution in [0.2, 0.25) is 0 Å². The Bertz CT molecular complexity index is 525. The third-order valence-electron chi connectivity index (χ3n) is 2.31. The molecule has 0 spiro atoms. The van der Waals surface area contributed by atoms with Gasteiger partial charge in [0.2, 0.25) is 0 Å². The van der Waals surface area contributed by atoms with Gasteiger partial charge < -0.3 is 9.47 Å². The number of rotatable bonds is 6. The van der Waals surface area contributed by atoms with Crippen LogP contribution in [0, 0.1) is 0 Å². The molecule has 1 heterocycles. The van der Waals surface area contributed by atoms with Gasteiger partial charge in [0.1, 0.15) is 19.0 Å². The molecular formula is C14H13BrO3S. The Morgan fingerprint density at radius 3 is 2.84 bits per heavy atom. The van der Waals surface area contributed by atoms with Gasteiger partial charge in [0, 0.05) is 9.35 Å². The number of ether oxygens (including phenoxy) is 2. The summed E-state index contributed by atoms with van der Waals surface area (Å²) in [4.78, 5) is 12.5. The molecule has 0 N–H and O–H groups in total. The minimum Gasteiger partial charge on any atom is -0.490 e. The Kier molecular flexibility index (Phi) is 5.42. The minimum atomic E-state index is -0.222. The van der Waals surface area contributed by atoms with Crippen LogP contribution in [-0.4, -0.2) is 19.2 Å². The largest absolute Gasteiger partial charge is 0.490 e. The first-order valence-corrected chi connectivity index (χ1v) is 7.47. The molecule has 0 aliphatic heterocycles. The fraction of sp³-hybridized carbons (Fsp3) is 0.214. The van der Waals surface area contributed by atoms with E-state index < -0.39 is 0 Å². The maximum atomic E-state index is 11.5.